The third-order valence-electron chi connectivity index (χ3n) is 4.02. The first-order chi connectivity index (χ1) is 8.03. The highest BCUT2D eigenvalue weighted by Gasteiger charge is 2.40. The highest BCUT2D eigenvalue weighted by atomic mass is 79.9. The van der Waals surface area contributed by atoms with E-state index in [-0.39, 0.29) is 11.4 Å². The maximum absolute atomic E-state index is 11.9. The fourth-order valence-corrected chi connectivity index (χ4v) is 3.36. The first kappa shape index (κ1) is 13.3. The molecule has 0 radical (unpaired) electrons. The van der Waals surface area contributed by atoms with Gasteiger partial charge in [-0.3, -0.25) is 4.79 Å². The van der Waals surface area contributed by atoms with Crippen molar-refractivity contribution in [1.82, 2.24) is 9.80 Å². The summed E-state index contributed by atoms with van der Waals surface area (Å²) in [7, 11) is 4.22. The number of halogens is 1. The van der Waals surface area contributed by atoms with Gasteiger partial charge in [-0.2, -0.15) is 0 Å². The molecule has 1 amide bonds. The number of hydrogen-bond acceptors (Lipinski definition) is 3. The van der Waals surface area contributed by atoms with Crippen molar-refractivity contribution in [2.45, 2.75) is 29.6 Å². The SMILES string of the molecule is CN(C)C1(CN2CC(Br)CC2=O)CCOCC1. The summed E-state index contributed by atoms with van der Waals surface area (Å²) in [6.45, 7) is 3.29. The Kier molecular flexibility index (Phi) is 4.10. The van der Waals surface area contributed by atoms with Crippen LogP contribution < -0.4 is 0 Å². The molecule has 0 aromatic rings. The van der Waals surface area contributed by atoms with Crippen molar-refractivity contribution in [3.63, 3.8) is 0 Å². The molecule has 2 rings (SSSR count). The normalized spacial score (nSPS) is 29.1. The van der Waals surface area contributed by atoms with E-state index in [1.165, 1.54) is 0 Å². The van der Waals surface area contributed by atoms with Crippen LogP contribution in [0.2, 0.25) is 0 Å². The van der Waals surface area contributed by atoms with Gasteiger partial charge in [-0.25, -0.2) is 0 Å². The Bertz CT molecular complexity index is 290. The molecule has 0 N–H and O–H groups in total. The largest absolute Gasteiger partial charge is 0.381 e. The molecule has 0 aliphatic carbocycles. The van der Waals surface area contributed by atoms with Crippen LogP contribution in [0.25, 0.3) is 0 Å². The summed E-state index contributed by atoms with van der Waals surface area (Å²) in [5.74, 6) is 0.277. The molecule has 0 spiro atoms. The Morgan fingerprint density at radius 2 is 2.12 bits per heavy atom. The minimum absolute atomic E-state index is 0.102. The second kappa shape index (κ2) is 5.24. The van der Waals surface area contributed by atoms with Crippen LogP contribution in [-0.2, 0) is 9.53 Å². The lowest BCUT2D eigenvalue weighted by atomic mass is 9.88. The van der Waals surface area contributed by atoms with Crippen LogP contribution in [0.3, 0.4) is 0 Å². The number of alkyl halides is 1. The van der Waals surface area contributed by atoms with Gasteiger partial charge in [-0.1, -0.05) is 15.9 Å². The maximum Gasteiger partial charge on any atom is 0.223 e. The molecule has 0 bridgehead atoms. The Morgan fingerprint density at radius 1 is 1.47 bits per heavy atom. The summed E-state index contributed by atoms with van der Waals surface area (Å²) >= 11 is 3.54. The van der Waals surface area contributed by atoms with E-state index in [1.807, 2.05) is 4.90 Å². The molecular weight excluding hydrogens is 284 g/mol. The zero-order valence-corrected chi connectivity index (χ0v) is 12.2. The van der Waals surface area contributed by atoms with E-state index in [2.05, 4.69) is 34.9 Å². The Morgan fingerprint density at radius 3 is 2.59 bits per heavy atom. The average Bonchev–Trinajstić information content (AvgIpc) is 2.58. The number of ether oxygens (including phenoxy) is 1. The second-order valence-corrected chi connectivity index (χ2v) is 6.60. The minimum atomic E-state index is 0.102. The van der Waals surface area contributed by atoms with E-state index >= 15 is 0 Å². The number of nitrogens with zero attached hydrogens (tertiary/aromatic N) is 2. The van der Waals surface area contributed by atoms with E-state index < -0.39 is 0 Å². The van der Waals surface area contributed by atoms with Crippen molar-refractivity contribution < 1.29 is 9.53 Å². The van der Waals surface area contributed by atoms with Gasteiger partial charge in [0.25, 0.3) is 0 Å². The van der Waals surface area contributed by atoms with Crippen LogP contribution in [0.1, 0.15) is 19.3 Å². The first-order valence-corrected chi connectivity index (χ1v) is 7.12. The third kappa shape index (κ3) is 2.83. The van der Waals surface area contributed by atoms with Crippen molar-refractivity contribution in [3.05, 3.63) is 0 Å². The molecule has 2 saturated heterocycles. The molecule has 98 valence electrons. The van der Waals surface area contributed by atoms with E-state index in [1.54, 1.807) is 0 Å². The maximum atomic E-state index is 11.9. The van der Waals surface area contributed by atoms with Crippen LogP contribution >= 0.6 is 15.9 Å². The lowest BCUT2D eigenvalue weighted by Crippen LogP contribution is -2.56. The number of rotatable bonds is 3. The highest BCUT2D eigenvalue weighted by molar-refractivity contribution is 9.09. The minimum Gasteiger partial charge on any atom is -0.381 e. The van der Waals surface area contributed by atoms with Crippen molar-refractivity contribution >= 4 is 21.8 Å². The van der Waals surface area contributed by atoms with Gasteiger partial charge in [0, 0.05) is 43.1 Å². The van der Waals surface area contributed by atoms with Crippen molar-refractivity contribution in [2.24, 2.45) is 0 Å². The lowest BCUT2D eigenvalue weighted by molar-refractivity contribution is -0.130. The average molecular weight is 305 g/mol. The summed E-state index contributed by atoms with van der Waals surface area (Å²) in [5.41, 5.74) is 0.102. The molecule has 2 aliphatic heterocycles. The number of carbonyl (C=O) groups excluding carboxylic acids is 1. The highest BCUT2D eigenvalue weighted by Crippen LogP contribution is 2.29. The van der Waals surface area contributed by atoms with Crippen molar-refractivity contribution in [3.8, 4) is 0 Å². The van der Waals surface area contributed by atoms with Crippen LogP contribution in [0.5, 0.6) is 0 Å². The fourth-order valence-electron chi connectivity index (χ4n) is 2.73. The molecule has 2 heterocycles. The molecule has 1 atom stereocenters. The van der Waals surface area contributed by atoms with Gasteiger partial charge < -0.3 is 14.5 Å². The molecule has 5 heteroatoms. The zero-order chi connectivity index (χ0) is 12.5. The van der Waals surface area contributed by atoms with Crippen molar-refractivity contribution in [1.29, 1.82) is 0 Å². The number of amides is 1. The number of hydrogen-bond donors (Lipinski definition) is 0. The Hall–Kier alpha value is -0.130. The molecule has 2 fully saturated rings. The van der Waals surface area contributed by atoms with Crippen LogP contribution in [0, 0.1) is 0 Å². The van der Waals surface area contributed by atoms with E-state index in [0.29, 0.717) is 11.2 Å². The lowest BCUT2D eigenvalue weighted by Gasteiger charge is -2.45. The molecule has 0 aromatic carbocycles. The molecule has 4 nitrogen and oxygen atoms in total. The van der Waals surface area contributed by atoms with Gasteiger partial charge in [-0.05, 0) is 26.9 Å². The summed E-state index contributed by atoms with van der Waals surface area (Å²) in [4.78, 5) is 16.5. The van der Waals surface area contributed by atoms with E-state index in [0.717, 1.165) is 39.1 Å². The summed E-state index contributed by atoms with van der Waals surface area (Å²) in [5, 5.41) is 0. The van der Waals surface area contributed by atoms with Gasteiger partial charge in [-0.15, -0.1) is 0 Å². The quantitative estimate of drug-likeness (QED) is 0.732. The standard InChI is InChI=1S/C12H21BrN2O2/c1-14(2)12(3-5-17-6-4-12)9-15-8-10(13)7-11(15)16/h10H,3-9H2,1-2H3. The van der Waals surface area contributed by atoms with E-state index in [9.17, 15) is 4.79 Å². The van der Waals surface area contributed by atoms with E-state index in [4.69, 9.17) is 4.74 Å². The summed E-state index contributed by atoms with van der Waals surface area (Å²) in [6, 6.07) is 0. The van der Waals surface area contributed by atoms with Gasteiger partial charge in [0.2, 0.25) is 5.91 Å². The van der Waals surface area contributed by atoms with Crippen LogP contribution in [0.15, 0.2) is 0 Å². The molecular formula is C12H21BrN2O2. The predicted molar refractivity (Wildman–Crippen MR) is 70.4 cm³/mol. The van der Waals surface area contributed by atoms with Gasteiger partial charge in [0.05, 0.1) is 0 Å². The van der Waals surface area contributed by atoms with Crippen LogP contribution in [0.4, 0.5) is 0 Å². The summed E-state index contributed by atoms with van der Waals surface area (Å²) in [6.07, 6.45) is 2.66. The number of likely N-dealkylation sites (N-methyl/N-ethyl adjacent to an activating group) is 1. The van der Waals surface area contributed by atoms with Gasteiger partial charge in [0.1, 0.15) is 0 Å². The topological polar surface area (TPSA) is 32.8 Å². The molecule has 0 saturated carbocycles. The molecule has 17 heavy (non-hydrogen) atoms. The van der Waals surface area contributed by atoms with Crippen molar-refractivity contribution in [2.75, 3.05) is 40.4 Å². The molecule has 0 aromatic heterocycles. The van der Waals surface area contributed by atoms with Crippen LogP contribution in [-0.4, -0.2) is 66.5 Å². The Labute approximate surface area is 111 Å². The predicted octanol–water partition coefficient (Wildman–Crippen LogP) is 1.09. The molecule has 2 aliphatic rings. The number of likely N-dealkylation sites (tertiary alicyclic amines) is 1. The molecule has 1 unspecified atom stereocenters. The van der Waals surface area contributed by atoms with Gasteiger partial charge >= 0.3 is 0 Å². The zero-order valence-electron chi connectivity index (χ0n) is 10.6. The first-order valence-electron chi connectivity index (χ1n) is 6.20. The number of carbonyl (C=O) groups is 1. The smallest absolute Gasteiger partial charge is 0.223 e. The fraction of sp³-hybridized carbons (Fsp3) is 0.917. The second-order valence-electron chi connectivity index (χ2n) is 5.31. The monoisotopic (exact) mass is 304 g/mol. The third-order valence-corrected chi connectivity index (χ3v) is 4.64. The summed E-state index contributed by atoms with van der Waals surface area (Å²) < 4.78 is 5.45. The van der Waals surface area contributed by atoms with Gasteiger partial charge in [0.15, 0.2) is 0 Å². The Balaban J connectivity index is 2.05.